The summed E-state index contributed by atoms with van der Waals surface area (Å²) in [5, 5.41) is 3.08. The first kappa shape index (κ1) is 29.0. The monoisotopic (exact) mass is 437 g/mol. The minimum Gasteiger partial charge on any atom is -0.352 e. The molecule has 0 aliphatic heterocycles. The molecule has 1 rings (SSSR count). The SMILES string of the molecule is CCCCCCCCCCCCCCCCCCNC(=O)c1cccc(C)c1C.Cl. The summed E-state index contributed by atoms with van der Waals surface area (Å²) < 4.78 is 0. The zero-order valence-corrected chi connectivity index (χ0v) is 20.9. The molecule has 0 aromatic heterocycles. The number of hydrogen-bond donors (Lipinski definition) is 1. The third-order valence-corrected chi connectivity index (χ3v) is 6.17. The van der Waals surface area contributed by atoms with Crippen LogP contribution in [0.15, 0.2) is 18.2 Å². The lowest BCUT2D eigenvalue weighted by Crippen LogP contribution is -2.25. The molecule has 0 atom stereocenters. The van der Waals surface area contributed by atoms with E-state index in [4.69, 9.17) is 0 Å². The normalized spacial score (nSPS) is 10.6. The summed E-state index contributed by atoms with van der Waals surface area (Å²) in [6, 6.07) is 5.94. The van der Waals surface area contributed by atoms with Crippen molar-refractivity contribution >= 4 is 18.3 Å². The zero-order chi connectivity index (χ0) is 21.2. The average Bonchev–Trinajstić information content (AvgIpc) is 2.72. The number of rotatable bonds is 18. The Bertz CT molecular complexity index is 544. The minimum absolute atomic E-state index is 0. The van der Waals surface area contributed by atoms with Gasteiger partial charge in [0.15, 0.2) is 0 Å². The van der Waals surface area contributed by atoms with Crippen molar-refractivity contribution in [1.29, 1.82) is 0 Å². The summed E-state index contributed by atoms with van der Waals surface area (Å²) in [6.45, 7) is 7.17. The summed E-state index contributed by atoms with van der Waals surface area (Å²) in [5.74, 6) is 0.0761. The van der Waals surface area contributed by atoms with Crippen molar-refractivity contribution in [3.63, 3.8) is 0 Å². The van der Waals surface area contributed by atoms with E-state index in [0.29, 0.717) is 0 Å². The van der Waals surface area contributed by atoms with Crippen LogP contribution in [0.5, 0.6) is 0 Å². The lowest BCUT2D eigenvalue weighted by Gasteiger charge is -2.09. The maximum Gasteiger partial charge on any atom is 0.251 e. The second kappa shape index (κ2) is 19.9. The largest absolute Gasteiger partial charge is 0.352 e. The molecule has 1 aromatic rings. The Balaban J connectivity index is 0.00000841. The molecule has 0 fully saturated rings. The van der Waals surface area contributed by atoms with Gasteiger partial charge in [0.05, 0.1) is 0 Å². The van der Waals surface area contributed by atoms with E-state index >= 15 is 0 Å². The smallest absolute Gasteiger partial charge is 0.251 e. The number of nitrogens with one attached hydrogen (secondary N) is 1. The molecule has 3 heteroatoms. The molecule has 174 valence electrons. The van der Waals surface area contributed by atoms with Crippen molar-refractivity contribution in [2.75, 3.05) is 6.54 Å². The third kappa shape index (κ3) is 14.1. The highest BCUT2D eigenvalue weighted by molar-refractivity contribution is 5.95. The molecule has 0 aliphatic carbocycles. The van der Waals surface area contributed by atoms with E-state index in [-0.39, 0.29) is 18.3 Å². The Morgan fingerprint density at radius 1 is 0.700 bits per heavy atom. The van der Waals surface area contributed by atoms with Gasteiger partial charge >= 0.3 is 0 Å². The van der Waals surface area contributed by atoms with Crippen molar-refractivity contribution in [3.05, 3.63) is 34.9 Å². The van der Waals surface area contributed by atoms with Crippen LogP contribution >= 0.6 is 12.4 Å². The minimum atomic E-state index is 0. The van der Waals surface area contributed by atoms with Gasteiger partial charge in [-0.15, -0.1) is 12.4 Å². The van der Waals surface area contributed by atoms with E-state index in [2.05, 4.69) is 25.2 Å². The number of carbonyl (C=O) groups is 1. The maximum atomic E-state index is 12.3. The van der Waals surface area contributed by atoms with Crippen molar-refractivity contribution in [3.8, 4) is 0 Å². The van der Waals surface area contributed by atoms with Crippen molar-refractivity contribution < 1.29 is 4.79 Å². The van der Waals surface area contributed by atoms with Gasteiger partial charge in [0.25, 0.3) is 5.91 Å². The van der Waals surface area contributed by atoms with E-state index in [1.165, 1.54) is 102 Å². The van der Waals surface area contributed by atoms with Crippen LogP contribution in [0.1, 0.15) is 131 Å². The molecule has 1 N–H and O–H groups in total. The van der Waals surface area contributed by atoms with Crippen LogP contribution < -0.4 is 5.32 Å². The first-order valence-electron chi connectivity index (χ1n) is 12.5. The van der Waals surface area contributed by atoms with E-state index in [1.54, 1.807) is 0 Å². The molecule has 0 radical (unpaired) electrons. The number of benzene rings is 1. The second-order valence-corrected chi connectivity index (χ2v) is 8.81. The van der Waals surface area contributed by atoms with E-state index in [9.17, 15) is 4.79 Å². The van der Waals surface area contributed by atoms with Crippen LogP contribution in [0.25, 0.3) is 0 Å². The predicted molar refractivity (Wildman–Crippen MR) is 135 cm³/mol. The Morgan fingerprint density at radius 2 is 1.13 bits per heavy atom. The number of hydrogen-bond acceptors (Lipinski definition) is 1. The molecular weight excluding hydrogens is 390 g/mol. The highest BCUT2D eigenvalue weighted by Gasteiger charge is 2.08. The van der Waals surface area contributed by atoms with Crippen LogP contribution in [0.4, 0.5) is 0 Å². The van der Waals surface area contributed by atoms with Crippen LogP contribution in [0.2, 0.25) is 0 Å². The standard InChI is InChI=1S/C27H47NO.ClH/c1-4-5-6-7-8-9-10-11-12-13-14-15-16-17-18-19-23-28-27(29)26-22-20-21-24(2)25(26)3;/h20-22H,4-19,23H2,1-3H3,(H,28,29);1H. The van der Waals surface area contributed by atoms with Gasteiger partial charge in [0.2, 0.25) is 0 Å². The first-order chi connectivity index (χ1) is 14.2. The van der Waals surface area contributed by atoms with Crippen molar-refractivity contribution in [2.45, 2.75) is 124 Å². The molecule has 1 amide bonds. The van der Waals surface area contributed by atoms with Crippen molar-refractivity contribution in [1.82, 2.24) is 5.32 Å². The quantitative estimate of drug-likeness (QED) is 0.228. The number of carbonyl (C=O) groups excluding carboxylic acids is 1. The third-order valence-electron chi connectivity index (χ3n) is 6.17. The van der Waals surface area contributed by atoms with Gasteiger partial charge in [-0.25, -0.2) is 0 Å². The molecule has 0 unspecified atom stereocenters. The van der Waals surface area contributed by atoms with Crippen LogP contribution in [-0.4, -0.2) is 12.5 Å². The molecule has 0 bridgehead atoms. The van der Waals surface area contributed by atoms with E-state index in [0.717, 1.165) is 24.1 Å². The van der Waals surface area contributed by atoms with Gasteiger partial charge in [-0.2, -0.15) is 0 Å². The molecule has 0 aliphatic rings. The van der Waals surface area contributed by atoms with Crippen LogP contribution in [0.3, 0.4) is 0 Å². The zero-order valence-electron chi connectivity index (χ0n) is 20.1. The summed E-state index contributed by atoms with van der Waals surface area (Å²) in [5.41, 5.74) is 3.10. The summed E-state index contributed by atoms with van der Waals surface area (Å²) in [6.07, 6.45) is 22.0. The molecule has 1 aromatic carbocycles. The average molecular weight is 438 g/mol. The van der Waals surface area contributed by atoms with Crippen molar-refractivity contribution in [2.24, 2.45) is 0 Å². The van der Waals surface area contributed by atoms with Gasteiger partial charge in [-0.05, 0) is 37.5 Å². The molecule has 2 nitrogen and oxygen atoms in total. The van der Waals surface area contributed by atoms with Crippen LogP contribution in [0, 0.1) is 13.8 Å². The summed E-state index contributed by atoms with van der Waals surface area (Å²) >= 11 is 0. The first-order valence-corrected chi connectivity index (χ1v) is 12.5. The number of aryl methyl sites for hydroxylation is 1. The van der Waals surface area contributed by atoms with Gasteiger partial charge in [-0.1, -0.05) is 115 Å². The van der Waals surface area contributed by atoms with E-state index in [1.807, 2.05) is 19.1 Å². The molecular formula is C27H48ClNO. The number of amides is 1. The Morgan fingerprint density at radius 3 is 1.60 bits per heavy atom. The Kier molecular flexibility index (Phi) is 19.2. The fourth-order valence-electron chi connectivity index (χ4n) is 3.97. The Labute approximate surface area is 193 Å². The fourth-order valence-corrected chi connectivity index (χ4v) is 3.97. The topological polar surface area (TPSA) is 29.1 Å². The van der Waals surface area contributed by atoms with Gasteiger partial charge in [-0.3, -0.25) is 4.79 Å². The second-order valence-electron chi connectivity index (χ2n) is 8.81. The lowest BCUT2D eigenvalue weighted by molar-refractivity contribution is 0.0952. The van der Waals surface area contributed by atoms with Gasteiger partial charge in [0, 0.05) is 12.1 Å². The fraction of sp³-hybridized carbons (Fsp3) is 0.741. The predicted octanol–water partition coefficient (Wildman–Crippen LogP) is 8.72. The highest BCUT2D eigenvalue weighted by atomic mass is 35.5. The lowest BCUT2D eigenvalue weighted by atomic mass is 10.0. The van der Waals surface area contributed by atoms with Crippen LogP contribution in [-0.2, 0) is 0 Å². The number of halogens is 1. The van der Waals surface area contributed by atoms with Gasteiger partial charge in [0.1, 0.15) is 0 Å². The summed E-state index contributed by atoms with van der Waals surface area (Å²) in [7, 11) is 0. The molecule has 0 spiro atoms. The Hall–Kier alpha value is -1.02. The molecule has 0 heterocycles. The van der Waals surface area contributed by atoms with Gasteiger partial charge < -0.3 is 5.32 Å². The molecule has 0 saturated carbocycles. The van der Waals surface area contributed by atoms with E-state index < -0.39 is 0 Å². The maximum absolute atomic E-state index is 12.3. The molecule has 0 saturated heterocycles. The molecule has 30 heavy (non-hydrogen) atoms. The number of unbranched alkanes of at least 4 members (excludes halogenated alkanes) is 15. The summed E-state index contributed by atoms with van der Waals surface area (Å²) in [4.78, 5) is 12.3. The highest BCUT2D eigenvalue weighted by Crippen LogP contribution is 2.14.